The van der Waals surface area contributed by atoms with Gasteiger partial charge in [-0.3, -0.25) is 9.78 Å². The third kappa shape index (κ3) is 2.73. The SMILES string of the molecule is Cc1cc(C(=O)CC2CCOCC2)c2ccccc2n1. The van der Waals surface area contributed by atoms with Crippen LogP contribution < -0.4 is 0 Å². The number of rotatable bonds is 3. The summed E-state index contributed by atoms with van der Waals surface area (Å²) in [5, 5.41) is 0.968. The van der Waals surface area contributed by atoms with E-state index in [0.29, 0.717) is 12.3 Å². The fourth-order valence-electron chi connectivity index (χ4n) is 2.86. The van der Waals surface area contributed by atoms with Crippen molar-refractivity contribution in [2.75, 3.05) is 13.2 Å². The lowest BCUT2D eigenvalue weighted by molar-refractivity contribution is 0.0601. The lowest BCUT2D eigenvalue weighted by Gasteiger charge is -2.21. The molecule has 1 aliphatic heterocycles. The van der Waals surface area contributed by atoms with E-state index in [1.807, 2.05) is 37.3 Å². The summed E-state index contributed by atoms with van der Waals surface area (Å²) in [7, 11) is 0. The monoisotopic (exact) mass is 269 g/mol. The van der Waals surface area contributed by atoms with E-state index in [1.165, 1.54) is 0 Å². The number of carbonyl (C=O) groups excluding carboxylic acids is 1. The fourth-order valence-corrected chi connectivity index (χ4v) is 2.86. The Kier molecular flexibility index (Phi) is 3.79. The summed E-state index contributed by atoms with van der Waals surface area (Å²) in [6.07, 6.45) is 2.61. The van der Waals surface area contributed by atoms with Crippen LogP contribution in [0.3, 0.4) is 0 Å². The zero-order chi connectivity index (χ0) is 13.9. The van der Waals surface area contributed by atoms with E-state index in [4.69, 9.17) is 4.74 Å². The molecule has 0 amide bonds. The van der Waals surface area contributed by atoms with Gasteiger partial charge in [-0.25, -0.2) is 0 Å². The predicted molar refractivity (Wildman–Crippen MR) is 79.0 cm³/mol. The first-order valence-electron chi connectivity index (χ1n) is 7.21. The van der Waals surface area contributed by atoms with Gasteiger partial charge in [-0.15, -0.1) is 0 Å². The quantitative estimate of drug-likeness (QED) is 0.800. The van der Waals surface area contributed by atoms with Crippen LogP contribution in [0.1, 0.15) is 35.3 Å². The molecule has 1 saturated heterocycles. The number of carbonyl (C=O) groups is 1. The Bertz CT molecular complexity index is 630. The first-order chi connectivity index (χ1) is 9.74. The van der Waals surface area contributed by atoms with Gasteiger partial charge in [0.15, 0.2) is 5.78 Å². The number of ketones is 1. The van der Waals surface area contributed by atoms with E-state index in [2.05, 4.69) is 4.98 Å². The Balaban J connectivity index is 1.90. The summed E-state index contributed by atoms with van der Waals surface area (Å²) in [4.78, 5) is 17.1. The minimum absolute atomic E-state index is 0.235. The summed E-state index contributed by atoms with van der Waals surface area (Å²) < 4.78 is 5.36. The van der Waals surface area contributed by atoms with Crippen molar-refractivity contribution in [1.29, 1.82) is 0 Å². The van der Waals surface area contributed by atoms with E-state index < -0.39 is 0 Å². The Morgan fingerprint density at radius 1 is 1.30 bits per heavy atom. The number of hydrogen-bond donors (Lipinski definition) is 0. The highest BCUT2D eigenvalue weighted by molar-refractivity contribution is 6.07. The van der Waals surface area contributed by atoms with Gasteiger partial charge in [-0.1, -0.05) is 18.2 Å². The van der Waals surface area contributed by atoms with Crippen LogP contribution >= 0.6 is 0 Å². The van der Waals surface area contributed by atoms with Crippen LogP contribution in [-0.4, -0.2) is 24.0 Å². The second-order valence-corrected chi connectivity index (χ2v) is 5.51. The van der Waals surface area contributed by atoms with E-state index in [0.717, 1.165) is 48.2 Å². The summed E-state index contributed by atoms with van der Waals surface area (Å²) in [5.74, 6) is 0.696. The van der Waals surface area contributed by atoms with Crippen LogP contribution in [-0.2, 0) is 4.74 Å². The van der Waals surface area contributed by atoms with Crippen LogP contribution in [0.15, 0.2) is 30.3 Å². The zero-order valence-electron chi connectivity index (χ0n) is 11.8. The lowest BCUT2D eigenvalue weighted by Crippen LogP contribution is -2.19. The molecule has 0 atom stereocenters. The summed E-state index contributed by atoms with van der Waals surface area (Å²) in [6, 6.07) is 9.79. The smallest absolute Gasteiger partial charge is 0.163 e. The highest BCUT2D eigenvalue weighted by atomic mass is 16.5. The summed E-state index contributed by atoms with van der Waals surface area (Å²) >= 11 is 0. The number of benzene rings is 1. The maximum atomic E-state index is 12.6. The summed E-state index contributed by atoms with van der Waals surface area (Å²) in [5.41, 5.74) is 2.63. The van der Waals surface area contributed by atoms with E-state index >= 15 is 0 Å². The van der Waals surface area contributed by atoms with Crippen molar-refractivity contribution in [3.8, 4) is 0 Å². The minimum atomic E-state index is 0.235. The number of pyridine rings is 1. The molecular weight excluding hydrogens is 250 g/mol. The van der Waals surface area contributed by atoms with Gasteiger partial charge in [0, 0.05) is 36.3 Å². The van der Waals surface area contributed by atoms with Gasteiger partial charge in [0.2, 0.25) is 0 Å². The van der Waals surface area contributed by atoms with Crippen molar-refractivity contribution < 1.29 is 9.53 Å². The molecule has 0 spiro atoms. The van der Waals surface area contributed by atoms with E-state index in [1.54, 1.807) is 0 Å². The van der Waals surface area contributed by atoms with Crippen molar-refractivity contribution in [2.24, 2.45) is 5.92 Å². The standard InChI is InChI=1S/C17H19NO2/c1-12-10-15(14-4-2-3-5-16(14)18-12)17(19)11-13-6-8-20-9-7-13/h2-5,10,13H,6-9,11H2,1H3. The normalized spacial score (nSPS) is 16.4. The van der Waals surface area contributed by atoms with Crippen molar-refractivity contribution in [3.05, 3.63) is 41.6 Å². The second kappa shape index (κ2) is 5.71. The van der Waals surface area contributed by atoms with Crippen molar-refractivity contribution in [2.45, 2.75) is 26.2 Å². The van der Waals surface area contributed by atoms with E-state index in [-0.39, 0.29) is 5.78 Å². The molecule has 0 radical (unpaired) electrons. The van der Waals surface area contributed by atoms with Crippen molar-refractivity contribution in [1.82, 2.24) is 4.98 Å². The van der Waals surface area contributed by atoms with Gasteiger partial charge in [0.25, 0.3) is 0 Å². The molecule has 2 aromatic rings. The van der Waals surface area contributed by atoms with Crippen LogP contribution in [0.4, 0.5) is 0 Å². The highest BCUT2D eigenvalue weighted by Gasteiger charge is 2.20. The molecule has 1 fully saturated rings. The Morgan fingerprint density at radius 3 is 2.85 bits per heavy atom. The first kappa shape index (κ1) is 13.3. The van der Waals surface area contributed by atoms with Gasteiger partial charge >= 0.3 is 0 Å². The van der Waals surface area contributed by atoms with Gasteiger partial charge in [0.1, 0.15) is 0 Å². The molecule has 0 bridgehead atoms. The molecule has 20 heavy (non-hydrogen) atoms. The number of Topliss-reactive ketones (excluding diaryl/α,β-unsaturated/α-hetero) is 1. The Morgan fingerprint density at radius 2 is 2.05 bits per heavy atom. The number of fused-ring (bicyclic) bond motifs is 1. The second-order valence-electron chi connectivity index (χ2n) is 5.51. The van der Waals surface area contributed by atoms with Crippen LogP contribution in [0, 0.1) is 12.8 Å². The molecule has 0 aliphatic carbocycles. The first-order valence-corrected chi connectivity index (χ1v) is 7.21. The minimum Gasteiger partial charge on any atom is -0.381 e. The molecule has 0 saturated carbocycles. The molecule has 1 aliphatic rings. The number of hydrogen-bond acceptors (Lipinski definition) is 3. The van der Waals surface area contributed by atoms with Crippen LogP contribution in [0.25, 0.3) is 10.9 Å². The van der Waals surface area contributed by atoms with Gasteiger partial charge < -0.3 is 4.74 Å². The van der Waals surface area contributed by atoms with Crippen LogP contribution in [0.5, 0.6) is 0 Å². The third-order valence-corrected chi connectivity index (χ3v) is 3.96. The average molecular weight is 269 g/mol. The van der Waals surface area contributed by atoms with Gasteiger partial charge in [-0.05, 0) is 37.8 Å². The van der Waals surface area contributed by atoms with Crippen molar-refractivity contribution in [3.63, 3.8) is 0 Å². The van der Waals surface area contributed by atoms with Gasteiger partial charge in [-0.2, -0.15) is 0 Å². The zero-order valence-corrected chi connectivity index (χ0v) is 11.8. The molecular formula is C17H19NO2. The largest absolute Gasteiger partial charge is 0.381 e. The van der Waals surface area contributed by atoms with Crippen molar-refractivity contribution >= 4 is 16.7 Å². The van der Waals surface area contributed by atoms with Gasteiger partial charge in [0.05, 0.1) is 5.52 Å². The summed E-state index contributed by atoms with van der Waals surface area (Å²) in [6.45, 7) is 3.51. The fraction of sp³-hybridized carbons (Fsp3) is 0.412. The average Bonchev–Trinajstić information content (AvgIpc) is 2.47. The molecule has 104 valence electrons. The number of aromatic nitrogens is 1. The molecule has 3 rings (SSSR count). The molecule has 2 heterocycles. The topological polar surface area (TPSA) is 39.2 Å². The highest BCUT2D eigenvalue weighted by Crippen LogP contribution is 2.24. The Labute approximate surface area is 119 Å². The molecule has 0 N–H and O–H groups in total. The third-order valence-electron chi connectivity index (χ3n) is 3.96. The molecule has 0 unspecified atom stereocenters. The number of aryl methyl sites for hydroxylation is 1. The molecule has 3 heteroatoms. The maximum Gasteiger partial charge on any atom is 0.163 e. The number of ether oxygens (including phenoxy) is 1. The molecule has 1 aromatic heterocycles. The number of nitrogens with zero attached hydrogens (tertiary/aromatic N) is 1. The van der Waals surface area contributed by atoms with E-state index in [9.17, 15) is 4.79 Å². The number of para-hydroxylation sites is 1. The van der Waals surface area contributed by atoms with Crippen LogP contribution in [0.2, 0.25) is 0 Å². The predicted octanol–water partition coefficient (Wildman–Crippen LogP) is 3.54. The molecule has 1 aromatic carbocycles. The lowest BCUT2D eigenvalue weighted by atomic mass is 9.91. The molecule has 3 nitrogen and oxygen atoms in total. The maximum absolute atomic E-state index is 12.6. The Hall–Kier alpha value is -1.74.